The van der Waals surface area contributed by atoms with Crippen LogP contribution >= 0.6 is 0 Å². The van der Waals surface area contributed by atoms with Crippen molar-refractivity contribution in [2.45, 2.75) is 39.5 Å². The number of hydrogen-bond acceptors (Lipinski definition) is 3. The van der Waals surface area contributed by atoms with Gasteiger partial charge in [0.25, 0.3) is 0 Å². The summed E-state index contributed by atoms with van der Waals surface area (Å²) in [6, 6.07) is 14.4. The number of aliphatic hydroxyl groups is 1. The van der Waals surface area contributed by atoms with Crippen LogP contribution in [0.25, 0.3) is 0 Å². The predicted octanol–water partition coefficient (Wildman–Crippen LogP) is 3.68. The summed E-state index contributed by atoms with van der Waals surface area (Å²) in [5.41, 5.74) is 1.94. The highest BCUT2D eigenvalue weighted by molar-refractivity contribution is 5.90. The van der Waals surface area contributed by atoms with Gasteiger partial charge in [-0.2, -0.15) is 0 Å². The third-order valence-electron chi connectivity index (χ3n) is 3.28. The largest absolute Gasteiger partial charge is 0.486 e. The molecule has 0 heterocycles. The van der Waals surface area contributed by atoms with E-state index in [4.69, 9.17) is 4.74 Å². The van der Waals surface area contributed by atoms with Crippen molar-refractivity contribution in [3.8, 4) is 5.75 Å². The van der Waals surface area contributed by atoms with Crippen LogP contribution in [0.1, 0.15) is 31.9 Å². The van der Waals surface area contributed by atoms with E-state index in [0.29, 0.717) is 18.0 Å². The van der Waals surface area contributed by atoms with Crippen LogP contribution in [-0.4, -0.2) is 16.7 Å². The molecule has 24 heavy (non-hydrogen) atoms. The molecule has 0 saturated carbocycles. The molecule has 0 atom stereocenters. The molecule has 2 amide bonds. The van der Waals surface area contributed by atoms with Gasteiger partial charge in [-0.05, 0) is 44.0 Å². The number of para-hydroxylation sites is 2. The number of anilines is 1. The fourth-order valence-electron chi connectivity index (χ4n) is 2.21. The lowest BCUT2D eigenvalue weighted by Crippen LogP contribution is -2.29. The fraction of sp³-hybridized carbons (Fsp3) is 0.316. The number of carbonyl (C=O) groups excluding carboxylic acids is 1. The summed E-state index contributed by atoms with van der Waals surface area (Å²) in [7, 11) is 0. The lowest BCUT2D eigenvalue weighted by atomic mass is 10.1. The van der Waals surface area contributed by atoms with Crippen molar-refractivity contribution in [2.75, 3.05) is 5.32 Å². The van der Waals surface area contributed by atoms with Gasteiger partial charge in [-0.25, -0.2) is 4.79 Å². The van der Waals surface area contributed by atoms with Crippen LogP contribution in [-0.2, 0) is 13.2 Å². The number of nitrogens with one attached hydrogen (secondary N) is 2. The molecule has 5 nitrogen and oxygen atoms in total. The molecule has 5 heteroatoms. The average molecular weight is 328 g/mol. The minimum atomic E-state index is -0.353. The van der Waals surface area contributed by atoms with E-state index in [-0.39, 0.29) is 18.2 Å². The highest BCUT2D eigenvalue weighted by atomic mass is 16.5. The number of urea groups is 1. The number of hydrogen-bond donors (Lipinski definition) is 3. The Labute approximate surface area is 142 Å². The second kappa shape index (κ2) is 7.84. The van der Waals surface area contributed by atoms with Crippen molar-refractivity contribution in [1.29, 1.82) is 0 Å². The molecule has 0 unspecified atom stereocenters. The van der Waals surface area contributed by atoms with Crippen molar-refractivity contribution in [2.24, 2.45) is 0 Å². The Balaban J connectivity index is 2.00. The summed E-state index contributed by atoms with van der Waals surface area (Å²) in [5, 5.41) is 14.9. The van der Waals surface area contributed by atoms with Crippen LogP contribution in [0.15, 0.2) is 48.5 Å². The summed E-state index contributed by atoms with van der Waals surface area (Å²) < 4.78 is 5.86. The summed E-state index contributed by atoms with van der Waals surface area (Å²) in [5.74, 6) is 0.621. The van der Waals surface area contributed by atoms with Crippen molar-refractivity contribution < 1.29 is 14.6 Å². The Morgan fingerprint density at radius 1 is 1.04 bits per heavy atom. The zero-order valence-corrected chi connectivity index (χ0v) is 14.3. The van der Waals surface area contributed by atoms with E-state index >= 15 is 0 Å². The van der Waals surface area contributed by atoms with Gasteiger partial charge in [0, 0.05) is 6.54 Å². The number of aliphatic hydroxyl groups excluding tert-OH is 1. The van der Waals surface area contributed by atoms with Crippen LogP contribution in [0.3, 0.4) is 0 Å². The first kappa shape index (κ1) is 17.8. The minimum absolute atomic E-state index is 0.0538. The van der Waals surface area contributed by atoms with E-state index in [2.05, 4.69) is 10.6 Å². The molecule has 0 aliphatic carbocycles. The monoisotopic (exact) mass is 328 g/mol. The number of carbonyl (C=O) groups is 1. The van der Waals surface area contributed by atoms with Crippen molar-refractivity contribution in [3.63, 3.8) is 0 Å². The molecule has 0 aromatic heterocycles. The molecule has 2 aromatic carbocycles. The molecule has 0 aliphatic rings. The van der Waals surface area contributed by atoms with Crippen LogP contribution in [0.2, 0.25) is 0 Å². The van der Waals surface area contributed by atoms with Gasteiger partial charge in [-0.3, -0.25) is 0 Å². The van der Waals surface area contributed by atoms with Gasteiger partial charge in [0.1, 0.15) is 11.4 Å². The minimum Gasteiger partial charge on any atom is -0.486 e. The van der Waals surface area contributed by atoms with Gasteiger partial charge in [0.05, 0.1) is 12.3 Å². The highest BCUT2D eigenvalue weighted by Crippen LogP contribution is 2.27. The van der Waals surface area contributed by atoms with E-state index in [1.807, 2.05) is 63.2 Å². The molecule has 128 valence electrons. The Morgan fingerprint density at radius 3 is 2.33 bits per heavy atom. The summed E-state index contributed by atoms with van der Waals surface area (Å²) in [6.07, 6.45) is 0. The van der Waals surface area contributed by atoms with Crippen LogP contribution in [0.5, 0.6) is 5.75 Å². The van der Waals surface area contributed by atoms with E-state index in [1.54, 1.807) is 6.07 Å². The van der Waals surface area contributed by atoms with E-state index < -0.39 is 0 Å². The van der Waals surface area contributed by atoms with Crippen molar-refractivity contribution in [1.82, 2.24) is 5.32 Å². The maximum Gasteiger partial charge on any atom is 0.319 e. The first-order valence-electron chi connectivity index (χ1n) is 7.89. The molecule has 0 spiro atoms. The third-order valence-corrected chi connectivity index (χ3v) is 3.28. The van der Waals surface area contributed by atoms with Gasteiger partial charge in [-0.15, -0.1) is 0 Å². The van der Waals surface area contributed by atoms with Crippen LogP contribution < -0.4 is 15.4 Å². The van der Waals surface area contributed by atoms with Gasteiger partial charge < -0.3 is 20.5 Å². The molecule has 0 bridgehead atoms. The van der Waals surface area contributed by atoms with Gasteiger partial charge >= 0.3 is 6.03 Å². The van der Waals surface area contributed by atoms with Gasteiger partial charge in [0.2, 0.25) is 0 Å². The molecular formula is C19H24N2O3. The molecule has 0 saturated heterocycles. The Hall–Kier alpha value is -2.53. The second-order valence-corrected chi connectivity index (χ2v) is 6.45. The predicted molar refractivity (Wildman–Crippen MR) is 95.0 cm³/mol. The quantitative estimate of drug-likeness (QED) is 0.784. The normalized spacial score (nSPS) is 11.0. The van der Waals surface area contributed by atoms with E-state index in [1.165, 1.54) is 0 Å². The SMILES string of the molecule is CC(C)(C)Oc1ccccc1NC(=O)NCc1ccccc1CO. The zero-order valence-electron chi connectivity index (χ0n) is 14.3. The highest BCUT2D eigenvalue weighted by Gasteiger charge is 2.15. The third kappa shape index (κ3) is 5.28. The first-order chi connectivity index (χ1) is 11.4. The fourth-order valence-corrected chi connectivity index (χ4v) is 2.21. The van der Waals surface area contributed by atoms with E-state index in [9.17, 15) is 9.90 Å². The maximum absolute atomic E-state index is 12.2. The Bertz CT molecular complexity index is 693. The maximum atomic E-state index is 12.2. The number of ether oxygens (including phenoxy) is 1. The summed E-state index contributed by atoms with van der Waals surface area (Å²) in [6.45, 7) is 6.15. The van der Waals surface area contributed by atoms with Gasteiger partial charge in [0.15, 0.2) is 0 Å². The van der Waals surface area contributed by atoms with Crippen LogP contribution in [0, 0.1) is 0 Å². The standard InChI is InChI=1S/C19H24N2O3/c1-19(2,3)24-17-11-7-6-10-16(17)21-18(23)20-12-14-8-4-5-9-15(14)13-22/h4-11,22H,12-13H2,1-3H3,(H2,20,21,23). The number of amides is 2. The first-order valence-corrected chi connectivity index (χ1v) is 7.89. The smallest absolute Gasteiger partial charge is 0.319 e. The van der Waals surface area contributed by atoms with Crippen molar-refractivity contribution in [3.05, 3.63) is 59.7 Å². The molecular weight excluding hydrogens is 304 g/mol. The van der Waals surface area contributed by atoms with E-state index in [0.717, 1.165) is 11.1 Å². The lowest BCUT2D eigenvalue weighted by Gasteiger charge is -2.23. The molecule has 0 fully saturated rings. The number of rotatable bonds is 5. The zero-order chi connectivity index (χ0) is 17.6. The lowest BCUT2D eigenvalue weighted by molar-refractivity contribution is 0.132. The Kier molecular flexibility index (Phi) is 5.82. The molecule has 0 radical (unpaired) electrons. The molecule has 2 rings (SSSR count). The molecule has 2 aromatic rings. The van der Waals surface area contributed by atoms with Gasteiger partial charge in [-0.1, -0.05) is 36.4 Å². The molecule has 3 N–H and O–H groups in total. The van der Waals surface area contributed by atoms with Crippen molar-refractivity contribution >= 4 is 11.7 Å². The summed E-state index contributed by atoms with van der Waals surface area (Å²) >= 11 is 0. The molecule has 0 aliphatic heterocycles. The van der Waals surface area contributed by atoms with Crippen LogP contribution in [0.4, 0.5) is 10.5 Å². The average Bonchev–Trinajstić information content (AvgIpc) is 2.53. The second-order valence-electron chi connectivity index (χ2n) is 6.45. The topological polar surface area (TPSA) is 70.6 Å². The number of benzene rings is 2. The summed E-state index contributed by atoms with van der Waals surface area (Å²) in [4.78, 5) is 12.2. The Morgan fingerprint density at radius 2 is 1.67 bits per heavy atom.